The lowest BCUT2D eigenvalue weighted by atomic mass is 9.95. The van der Waals surface area contributed by atoms with E-state index in [1.165, 1.54) is 16.4 Å². The molecule has 0 spiro atoms. The molecule has 2 aliphatic heterocycles. The topological polar surface area (TPSA) is 79.8 Å². The van der Waals surface area contributed by atoms with Crippen molar-refractivity contribution in [1.82, 2.24) is 14.2 Å². The van der Waals surface area contributed by atoms with Gasteiger partial charge in [0.15, 0.2) is 0 Å². The number of piperidine rings is 1. The molecule has 2 aliphatic rings. The van der Waals surface area contributed by atoms with E-state index in [2.05, 4.69) is 4.98 Å². The molecule has 0 unspecified atom stereocenters. The lowest BCUT2D eigenvalue weighted by Gasteiger charge is -2.36. The quantitative estimate of drug-likeness (QED) is 0.766. The van der Waals surface area contributed by atoms with Crippen molar-refractivity contribution in [1.29, 1.82) is 0 Å². The van der Waals surface area contributed by atoms with Crippen molar-refractivity contribution in [3.63, 3.8) is 0 Å². The van der Waals surface area contributed by atoms with E-state index in [4.69, 9.17) is 4.74 Å². The maximum Gasteiger partial charge on any atom is 0.254 e. The van der Waals surface area contributed by atoms with Crippen LogP contribution in [0, 0.1) is 0 Å². The fourth-order valence-electron chi connectivity index (χ4n) is 3.97. The molecule has 0 saturated carbocycles. The van der Waals surface area contributed by atoms with Crippen LogP contribution < -0.4 is 0 Å². The van der Waals surface area contributed by atoms with Gasteiger partial charge in [-0.1, -0.05) is 6.07 Å². The summed E-state index contributed by atoms with van der Waals surface area (Å²) in [6, 6.07) is 10.2. The molecule has 0 radical (unpaired) electrons. The molecular formula is C21H25N3O4S. The highest BCUT2D eigenvalue weighted by Gasteiger charge is 2.30. The second kappa shape index (κ2) is 8.61. The molecule has 2 saturated heterocycles. The van der Waals surface area contributed by atoms with Crippen LogP contribution in [0.5, 0.6) is 0 Å². The molecule has 0 N–H and O–H groups in total. The first-order chi connectivity index (χ1) is 14.1. The van der Waals surface area contributed by atoms with E-state index in [0.717, 1.165) is 24.8 Å². The normalized spacial score (nSPS) is 21.1. The highest BCUT2D eigenvalue weighted by Crippen LogP contribution is 2.32. The summed E-state index contributed by atoms with van der Waals surface area (Å²) in [5, 5.41) is 0. The number of hydrogen-bond donors (Lipinski definition) is 0. The van der Waals surface area contributed by atoms with E-state index < -0.39 is 10.0 Å². The lowest BCUT2D eigenvalue weighted by molar-refractivity contribution is 0.0611. The van der Waals surface area contributed by atoms with Crippen LogP contribution in [-0.2, 0) is 14.8 Å². The van der Waals surface area contributed by atoms with Crippen LogP contribution in [-0.4, -0.2) is 61.4 Å². The van der Waals surface area contributed by atoms with Crippen LogP contribution >= 0.6 is 0 Å². The molecule has 154 valence electrons. The molecule has 8 heteroatoms. The summed E-state index contributed by atoms with van der Waals surface area (Å²) in [4.78, 5) is 19.5. The van der Waals surface area contributed by atoms with Crippen molar-refractivity contribution in [3.8, 4) is 0 Å². The molecule has 1 amide bonds. The number of sulfonamides is 1. The lowest BCUT2D eigenvalue weighted by Crippen LogP contribution is -2.40. The van der Waals surface area contributed by atoms with E-state index >= 15 is 0 Å². The summed E-state index contributed by atoms with van der Waals surface area (Å²) in [7, 11) is -3.56. The number of benzene rings is 1. The molecule has 1 atom stereocenters. The smallest absolute Gasteiger partial charge is 0.254 e. The Balaban J connectivity index is 1.54. The van der Waals surface area contributed by atoms with Gasteiger partial charge in [-0.25, -0.2) is 8.42 Å². The van der Waals surface area contributed by atoms with Crippen LogP contribution in [0.25, 0.3) is 0 Å². The van der Waals surface area contributed by atoms with Gasteiger partial charge in [-0.3, -0.25) is 9.78 Å². The van der Waals surface area contributed by atoms with Crippen LogP contribution in [0.1, 0.15) is 41.2 Å². The van der Waals surface area contributed by atoms with E-state index in [1.54, 1.807) is 18.3 Å². The van der Waals surface area contributed by atoms with Crippen molar-refractivity contribution in [2.24, 2.45) is 0 Å². The maximum absolute atomic E-state index is 13.2. The Kier molecular flexibility index (Phi) is 5.94. The number of amides is 1. The SMILES string of the molecule is O=C(c1ccc(S(=O)(=O)N2CCOCC2)cc1)N1CCCC[C@@H]1c1cccnc1. The Morgan fingerprint density at radius 2 is 1.79 bits per heavy atom. The van der Waals surface area contributed by atoms with Crippen LogP contribution in [0.2, 0.25) is 0 Å². The Morgan fingerprint density at radius 1 is 1.03 bits per heavy atom. The van der Waals surface area contributed by atoms with Crippen LogP contribution in [0.4, 0.5) is 0 Å². The average Bonchev–Trinajstić information content (AvgIpc) is 2.80. The van der Waals surface area contributed by atoms with Crippen molar-refractivity contribution < 1.29 is 17.9 Å². The van der Waals surface area contributed by atoms with Gasteiger partial charge in [0.05, 0.1) is 24.2 Å². The number of hydrogen-bond acceptors (Lipinski definition) is 5. The van der Waals surface area contributed by atoms with Gasteiger partial charge < -0.3 is 9.64 Å². The van der Waals surface area contributed by atoms with Gasteiger partial charge in [-0.15, -0.1) is 0 Å². The first kappa shape index (κ1) is 20.0. The van der Waals surface area contributed by atoms with E-state index in [0.29, 0.717) is 38.4 Å². The van der Waals surface area contributed by atoms with E-state index in [9.17, 15) is 13.2 Å². The third-order valence-corrected chi connectivity index (χ3v) is 7.45. The molecule has 7 nitrogen and oxygen atoms in total. The van der Waals surface area contributed by atoms with Crippen molar-refractivity contribution in [2.45, 2.75) is 30.2 Å². The molecule has 4 rings (SSSR count). The van der Waals surface area contributed by atoms with Gasteiger partial charge in [0.2, 0.25) is 10.0 Å². The molecule has 1 aromatic carbocycles. The van der Waals surface area contributed by atoms with Crippen molar-refractivity contribution >= 4 is 15.9 Å². The number of nitrogens with zero attached hydrogens (tertiary/aromatic N) is 3. The molecule has 1 aromatic heterocycles. The summed E-state index contributed by atoms with van der Waals surface area (Å²) < 4.78 is 32.2. The summed E-state index contributed by atoms with van der Waals surface area (Å²) in [5.74, 6) is -0.0751. The molecule has 2 aromatic rings. The number of ether oxygens (including phenoxy) is 1. The van der Waals surface area contributed by atoms with Gasteiger partial charge in [0, 0.05) is 37.6 Å². The Labute approximate surface area is 171 Å². The second-order valence-electron chi connectivity index (χ2n) is 7.34. The molecular weight excluding hydrogens is 390 g/mol. The number of likely N-dealkylation sites (tertiary alicyclic amines) is 1. The molecule has 29 heavy (non-hydrogen) atoms. The first-order valence-corrected chi connectivity index (χ1v) is 11.4. The number of aromatic nitrogens is 1. The average molecular weight is 416 g/mol. The van der Waals surface area contributed by atoms with Gasteiger partial charge in [0.25, 0.3) is 5.91 Å². The van der Waals surface area contributed by atoms with Crippen LogP contribution in [0.15, 0.2) is 53.7 Å². The number of morpholine rings is 1. The van der Waals surface area contributed by atoms with Gasteiger partial charge in [-0.05, 0) is 55.2 Å². The maximum atomic E-state index is 13.2. The summed E-state index contributed by atoms with van der Waals surface area (Å²) in [6.07, 6.45) is 6.48. The molecule has 2 fully saturated rings. The molecule has 0 aliphatic carbocycles. The number of rotatable bonds is 4. The zero-order valence-corrected chi connectivity index (χ0v) is 17.1. The van der Waals surface area contributed by atoms with Crippen molar-refractivity contribution in [3.05, 3.63) is 59.9 Å². The predicted octanol–water partition coefficient (Wildman–Crippen LogP) is 2.47. The van der Waals surface area contributed by atoms with Crippen LogP contribution in [0.3, 0.4) is 0 Å². The first-order valence-electron chi connectivity index (χ1n) is 9.96. The Morgan fingerprint density at radius 3 is 2.48 bits per heavy atom. The highest BCUT2D eigenvalue weighted by atomic mass is 32.2. The molecule has 3 heterocycles. The fraction of sp³-hybridized carbons (Fsp3) is 0.429. The van der Waals surface area contributed by atoms with Gasteiger partial charge in [-0.2, -0.15) is 4.31 Å². The second-order valence-corrected chi connectivity index (χ2v) is 9.28. The summed E-state index contributed by atoms with van der Waals surface area (Å²) in [6.45, 7) is 2.19. The highest BCUT2D eigenvalue weighted by molar-refractivity contribution is 7.89. The fourth-order valence-corrected chi connectivity index (χ4v) is 5.37. The Hall–Kier alpha value is -2.29. The third kappa shape index (κ3) is 4.19. The number of pyridine rings is 1. The third-order valence-electron chi connectivity index (χ3n) is 5.54. The summed E-state index contributed by atoms with van der Waals surface area (Å²) >= 11 is 0. The minimum atomic E-state index is -3.56. The zero-order valence-electron chi connectivity index (χ0n) is 16.2. The Bertz CT molecular complexity index is 942. The van der Waals surface area contributed by atoms with Gasteiger partial charge in [0.1, 0.15) is 0 Å². The van der Waals surface area contributed by atoms with Gasteiger partial charge >= 0.3 is 0 Å². The standard InChI is InChI=1S/C21H25N3O4S/c25-21(24-11-2-1-5-20(24)18-4-3-10-22-16-18)17-6-8-19(9-7-17)29(26,27)23-12-14-28-15-13-23/h3-4,6-10,16,20H,1-2,5,11-15H2/t20-/m1/s1. The summed E-state index contributed by atoms with van der Waals surface area (Å²) in [5.41, 5.74) is 1.54. The monoisotopic (exact) mass is 415 g/mol. The largest absolute Gasteiger partial charge is 0.379 e. The van der Waals surface area contributed by atoms with E-state index in [-0.39, 0.29) is 16.8 Å². The van der Waals surface area contributed by atoms with E-state index in [1.807, 2.05) is 23.2 Å². The minimum Gasteiger partial charge on any atom is -0.379 e. The zero-order chi connectivity index (χ0) is 20.3. The number of carbonyl (C=O) groups is 1. The predicted molar refractivity (Wildman–Crippen MR) is 108 cm³/mol. The number of carbonyl (C=O) groups excluding carboxylic acids is 1. The minimum absolute atomic E-state index is 0.00158. The van der Waals surface area contributed by atoms with Crippen molar-refractivity contribution in [2.75, 3.05) is 32.8 Å². The molecule has 0 bridgehead atoms.